The lowest BCUT2D eigenvalue weighted by molar-refractivity contribution is -0.122. The predicted octanol–water partition coefficient (Wildman–Crippen LogP) is 1.49. The number of amides is 1. The summed E-state index contributed by atoms with van der Waals surface area (Å²) >= 11 is 0. The minimum atomic E-state index is 0.0860. The van der Waals surface area contributed by atoms with E-state index < -0.39 is 0 Å². The number of rotatable bonds is 11. The van der Waals surface area contributed by atoms with E-state index in [1.54, 1.807) is 7.11 Å². The predicted molar refractivity (Wildman–Crippen MR) is 84.3 cm³/mol. The molecule has 0 aromatic rings. The van der Waals surface area contributed by atoms with Gasteiger partial charge in [-0.25, -0.2) is 0 Å². The number of nitrogens with one attached hydrogen (secondary N) is 2. The maximum absolute atomic E-state index is 11.7. The van der Waals surface area contributed by atoms with Crippen molar-refractivity contribution in [3.63, 3.8) is 0 Å². The van der Waals surface area contributed by atoms with E-state index in [4.69, 9.17) is 9.47 Å². The molecule has 0 spiro atoms. The highest BCUT2D eigenvalue weighted by Gasteiger charge is 2.13. The lowest BCUT2D eigenvalue weighted by Gasteiger charge is -2.22. The van der Waals surface area contributed by atoms with E-state index in [-0.39, 0.29) is 12.0 Å². The number of carbonyl (C=O) groups is 1. The Balaban J connectivity index is 1.96. The van der Waals surface area contributed by atoms with Crippen molar-refractivity contribution >= 4 is 5.91 Å². The molecule has 2 N–H and O–H groups in total. The Morgan fingerprint density at radius 1 is 1.43 bits per heavy atom. The molecular formula is C16H30N2O3. The highest BCUT2D eigenvalue weighted by atomic mass is 16.5. The fraction of sp³-hybridized carbons (Fsp3) is 0.812. The molecule has 122 valence electrons. The third-order valence-corrected chi connectivity index (χ3v) is 3.87. The monoisotopic (exact) mass is 298 g/mol. The van der Waals surface area contributed by atoms with Crippen molar-refractivity contribution in [2.45, 2.75) is 38.2 Å². The number of hydrogen-bond acceptors (Lipinski definition) is 4. The Kier molecular flexibility index (Phi) is 10.1. The first-order chi connectivity index (χ1) is 10.3. The lowest BCUT2D eigenvalue weighted by atomic mass is 9.98. The van der Waals surface area contributed by atoms with Gasteiger partial charge in [0, 0.05) is 26.7 Å². The fourth-order valence-electron chi connectivity index (χ4n) is 2.43. The average Bonchev–Trinajstić information content (AvgIpc) is 2.52. The van der Waals surface area contributed by atoms with Gasteiger partial charge in [-0.3, -0.25) is 4.79 Å². The summed E-state index contributed by atoms with van der Waals surface area (Å²) in [6.07, 6.45) is 6.41. The van der Waals surface area contributed by atoms with E-state index in [1.807, 2.05) is 6.08 Å². The van der Waals surface area contributed by atoms with Crippen molar-refractivity contribution in [2.24, 2.45) is 5.92 Å². The lowest BCUT2D eigenvalue weighted by Crippen LogP contribution is -2.36. The topological polar surface area (TPSA) is 59.6 Å². The minimum Gasteiger partial charge on any atom is -0.381 e. The molecule has 0 bridgehead atoms. The van der Waals surface area contributed by atoms with Crippen LogP contribution >= 0.6 is 0 Å². The van der Waals surface area contributed by atoms with Gasteiger partial charge in [-0.05, 0) is 44.7 Å². The summed E-state index contributed by atoms with van der Waals surface area (Å²) in [4.78, 5) is 11.7. The second-order valence-corrected chi connectivity index (χ2v) is 5.53. The number of methoxy groups -OCH3 is 1. The molecule has 1 unspecified atom stereocenters. The largest absolute Gasteiger partial charge is 0.381 e. The molecule has 1 aliphatic heterocycles. The summed E-state index contributed by atoms with van der Waals surface area (Å²) in [5.41, 5.74) is 0. The van der Waals surface area contributed by atoms with Gasteiger partial charge in [0.05, 0.1) is 12.7 Å². The maximum Gasteiger partial charge on any atom is 0.222 e. The molecule has 1 amide bonds. The Morgan fingerprint density at radius 3 is 2.86 bits per heavy atom. The van der Waals surface area contributed by atoms with Crippen LogP contribution in [0.2, 0.25) is 0 Å². The molecule has 0 radical (unpaired) electrons. The molecule has 1 heterocycles. The summed E-state index contributed by atoms with van der Waals surface area (Å²) in [5.74, 6) is 0.709. The van der Waals surface area contributed by atoms with E-state index >= 15 is 0 Å². The van der Waals surface area contributed by atoms with Gasteiger partial charge in [0.1, 0.15) is 0 Å². The van der Waals surface area contributed by atoms with Crippen molar-refractivity contribution in [1.29, 1.82) is 0 Å². The maximum atomic E-state index is 11.7. The van der Waals surface area contributed by atoms with Crippen LogP contribution in [-0.2, 0) is 14.3 Å². The molecule has 0 aromatic heterocycles. The molecule has 1 atom stereocenters. The highest BCUT2D eigenvalue weighted by Crippen LogP contribution is 2.09. The average molecular weight is 298 g/mol. The van der Waals surface area contributed by atoms with Crippen molar-refractivity contribution < 1.29 is 14.3 Å². The Bertz CT molecular complexity index is 291. The van der Waals surface area contributed by atoms with Crippen LogP contribution in [0.5, 0.6) is 0 Å². The SMILES string of the molecule is C=CCC(CCOCCC(=O)NCC1CCNCC1)OC. The molecule has 21 heavy (non-hydrogen) atoms. The molecule has 5 heteroatoms. The zero-order chi connectivity index (χ0) is 15.3. The first kappa shape index (κ1) is 18.1. The van der Waals surface area contributed by atoms with Crippen molar-refractivity contribution in [2.75, 3.05) is 40.0 Å². The standard InChI is InChI=1S/C16H30N2O3/c1-3-4-15(20-2)7-11-21-12-8-16(19)18-13-14-5-9-17-10-6-14/h3,14-15,17H,1,4-13H2,2H3,(H,18,19). The van der Waals surface area contributed by atoms with Gasteiger partial charge in [-0.1, -0.05) is 6.08 Å². The Hall–Kier alpha value is -0.910. The third-order valence-electron chi connectivity index (χ3n) is 3.87. The first-order valence-corrected chi connectivity index (χ1v) is 7.95. The van der Waals surface area contributed by atoms with Gasteiger partial charge < -0.3 is 20.1 Å². The summed E-state index contributed by atoms with van der Waals surface area (Å²) in [5, 5.41) is 6.32. The third kappa shape index (κ3) is 8.86. The van der Waals surface area contributed by atoms with Crippen LogP contribution in [0.1, 0.15) is 32.1 Å². The van der Waals surface area contributed by atoms with Crippen LogP contribution in [0.15, 0.2) is 12.7 Å². The second-order valence-electron chi connectivity index (χ2n) is 5.53. The summed E-state index contributed by atoms with van der Waals surface area (Å²) < 4.78 is 10.8. The van der Waals surface area contributed by atoms with E-state index in [9.17, 15) is 4.79 Å². The van der Waals surface area contributed by atoms with Gasteiger partial charge in [0.25, 0.3) is 0 Å². The van der Waals surface area contributed by atoms with Gasteiger partial charge >= 0.3 is 0 Å². The Morgan fingerprint density at radius 2 is 2.19 bits per heavy atom. The fourth-order valence-corrected chi connectivity index (χ4v) is 2.43. The summed E-state index contributed by atoms with van der Waals surface area (Å²) in [7, 11) is 1.70. The van der Waals surface area contributed by atoms with Crippen LogP contribution in [0.4, 0.5) is 0 Å². The van der Waals surface area contributed by atoms with Crippen LogP contribution in [-0.4, -0.2) is 52.0 Å². The highest BCUT2D eigenvalue weighted by molar-refractivity contribution is 5.75. The number of ether oxygens (including phenoxy) is 2. The molecule has 1 aliphatic rings. The van der Waals surface area contributed by atoms with Crippen molar-refractivity contribution in [3.8, 4) is 0 Å². The smallest absolute Gasteiger partial charge is 0.222 e. The van der Waals surface area contributed by atoms with Crippen LogP contribution in [0.3, 0.4) is 0 Å². The van der Waals surface area contributed by atoms with Crippen LogP contribution < -0.4 is 10.6 Å². The van der Waals surface area contributed by atoms with E-state index in [1.165, 1.54) is 0 Å². The quantitative estimate of drug-likeness (QED) is 0.448. The molecule has 5 nitrogen and oxygen atoms in total. The van der Waals surface area contributed by atoms with E-state index in [2.05, 4.69) is 17.2 Å². The van der Waals surface area contributed by atoms with Crippen molar-refractivity contribution in [1.82, 2.24) is 10.6 Å². The summed E-state index contributed by atoms with van der Waals surface area (Å²) in [6.45, 7) is 7.72. The molecule has 1 fully saturated rings. The molecule has 0 aliphatic carbocycles. The Labute approximate surface area is 128 Å². The van der Waals surface area contributed by atoms with Crippen LogP contribution in [0.25, 0.3) is 0 Å². The van der Waals surface area contributed by atoms with Crippen molar-refractivity contribution in [3.05, 3.63) is 12.7 Å². The molecular weight excluding hydrogens is 268 g/mol. The molecule has 0 saturated carbocycles. The van der Waals surface area contributed by atoms with Gasteiger partial charge in [0.15, 0.2) is 0 Å². The second kappa shape index (κ2) is 11.7. The zero-order valence-corrected chi connectivity index (χ0v) is 13.2. The number of piperidine rings is 1. The number of carbonyl (C=O) groups excluding carboxylic acids is 1. The normalized spacial score (nSPS) is 17.4. The van der Waals surface area contributed by atoms with E-state index in [0.717, 1.165) is 45.3 Å². The van der Waals surface area contributed by atoms with Crippen LogP contribution in [0, 0.1) is 5.92 Å². The molecule has 0 aromatic carbocycles. The number of hydrogen-bond donors (Lipinski definition) is 2. The van der Waals surface area contributed by atoms with E-state index in [0.29, 0.717) is 25.6 Å². The zero-order valence-electron chi connectivity index (χ0n) is 13.2. The van der Waals surface area contributed by atoms with Gasteiger partial charge in [0.2, 0.25) is 5.91 Å². The molecule has 1 rings (SSSR count). The summed E-state index contributed by atoms with van der Waals surface area (Å²) in [6, 6.07) is 0. The van der Waals surface area contributed by atoms with Gasteiger partial charge in [-0.2, -0.15) is 0 Å². The first-order valence-electron chi connectivity index (χ1n) is 7.95. The minimum absolute atomic E-state index is 0.0860. The van der Waals surface area contributed by atoms with Gasteiger partial charge in [-0.15, -0.1) is 6.58 Å². The molecule has 1 saturated heterocycles.